The fourth-order valence-electron chi connectivity index (χ4n) is 0.203. The Labute approximate surface area is 77.3 Å². The van der Waals surface area contributed by atoms with Gasteiger partial charge in [-0.25, -0.2) is 0 Å². The van der Waals surface area contributed by atoms with E-state index in [0.717, 1.165) is 0 Å². The Hall–Kier alpha value is -0.710. The van der Waals surface area contributed by atoms with Crippen LogP contribution in [0.3, 0.4) is 0 Å². The minimum atomic E-state index is -0.877. The number of carboxylic acids is 1. The molecule has 0 saturated carbocycles. The summed E-state index contributed by atoms with van der Waals surface area (Å²) >= 11 is 3.59. The first kappa shape index (κ1) is 13.9. The molecule has 12 heavy (non-hydrogen) atoms. The van der Waals surface area contributed by atoms with Gasteiger partial charge in [0.2, 0.25) is 0 Å². The van der Waals surface area contributed by atoms with E-state index in [1.165, 1.54) is 13.8 Å². The number of carbonyl (C=O) groups is 2. The number of carbonyl (C=O) groups excluding carboxylic acids is 1. The highest BCUT2D eigenvalue weighted by Gasteiger charge is 2.00. The average molecular weight is 194 g/mol. The zero-order valence-electron chi connectivity index (χ0n) is 7.40. The lowest BCUT2D eigenvalue weighted by Gasteiger charge is -1.89. The summed E-state index contributed by atoms with van der Waals surface area (Å²) in [6.45, 7) is 5.16. The molecule has 72 valence electrons. The number of thiol groups is 1. The van der Waals surface area contributed by atoms with E-state index in [4.69, 9.17) is 5.11 Å². The number of aliphatic carboxylic acids is 1. The van der Waals surface area contributed by atoms with Crippen molar-refractivity contribution >= 4 is 24.6 Å². The molecule has 0 aromatic heterocycles. The van der Waals surface area contributed by atoms with E-state index >= 15 is 0 Å². The van der Waals surface area contributed by atoms with Gasteiger partial charge in [-0.1, -0.05) is 0 Å². The summed E-state index contributed by atoms with van der Waals surface area (Å²) in [4.78, 5) is 19.4. The second-order valence-electron chi connectivity index (χ2n) is 1.94. The van der Waals surface area contributed by atoms with E-state index in [2.05, 4.69) is 17.4 Å². The van der Waals surface area contributed by atoms with Crippen molar-refractivity contribution in [2.24, 2.45) is 0 Å². The zero-order chi connectivity index (χ0) is 10.1. The Morgan fingerprint density at radius 2 is 1.92 bits per heavy atom. The van der Waals surface area contributed by atoms with Gasteiger partial charge < -0.3 is 9.84 Å². The minimum Gasteiger partial charge on any atom is -0.480 e. The molecule has 0 fully saturated rings. The van der Waals surface area contributed by atoms with Gasteiger partial charge in [-0.2, -0.15) is 12.6 Å². The monoisotopic (exact) mass is 194 g/mol. The van der Waals surface area contributed by atoms with Crippen LogP contribution < -0.4 is 0 Å². The molecule has 0 heterocycles. The van der Waals surface area contributed by atoms with Crippen LogP contribution in [0, 0.1) is 0 Å². The number of esters is 1. The molecule has 0 spiro atoms. The largest absolute Gasteiger partial charge is 0.480 e. The zero-order valence-corrected chi connectivity index (χ0v) is 8.30. The Morgan fingerprint density at radius 3 is 1.92 bits per heavy atom. The quantitative estimate of drug-likeness (QED) is 0.507. The Balaban J connectivity index is 0. The molecular formula is C7H14O4S. The topological polar surface area (TPSA) is 63.6 Å². The van der Waals surface area contributed by atoms with Crippen molar-refractivity contribution in [2.75, 3.05) is 6.61 Å². The molecule has 1 unspecified atom stereocenters. The van der Waals surface area contributed by atoms with Crippen LogP contribution in [0.1, 0.15) is 20.8 Å². The van der Waals surface area contributed by atoms with Crippen LogP contribution in [-0.4, -0.2) is 28.9 Å². The minimum absolute atomic E-state index is 0.211. The summed E-state index contributed by atoms with van der Waals surface area (Å²) < 4.78 is 4.40. The average Bonchev–Trinajstić information content (AvgIpc) is 1.87. The van der Waals surface area contributed by atoms with Gasteiger partial charge in [-0.05, 0) is 13.8 Å². The molecule has 1 N–H and O–H groups in total. The summed E-state index contributed by atoms with van der Waals surface area (Å²) in [6.07, 6.45) is 0. The molecule has 1 atom stereocenters. The SMILES string of the molecule is CC(S)C(=O)O.CCOC(C)=O. The van der Waals surface area contributed by atoms with Crippen molar-refractivity contribution in [3.05, 3.63) is 0 Å². The highest BCUT2D eigenvalue weighted by Crippen LogP contribution is 1.88. The van der Waals surface area contributed by atoms with Crippen molar-refractivity contribution in [1.82, 2.24) is 0 Å². The Morgan fingerprint density at radius 1 is 1.58 bits per heavy atom. The Kier molecular flexibility index (Phi) is 9.68. The van der Waals surface area contributed by atoms with Crippen LogP contribution in [-0.2, 0) is 14.3 Å². The number of ether oxygens (including phenoxy) is 1. The third kappa shape index (κ3) is 16.1. The van der Waals surface area contributed by atoms with Gasteiger partial charge in [0.1, 0.15) is 0 Å². The van der Waals surface area contributed by atoms with Crippen LogP contribution in [0.25, 0.3) is 0 Å². The highest BCUT2D eigenvalue weighted by atomic mass is 32.1. The van der Waals surface area contributed by atoms with Crippen molar-refractivity contribution in [1.29, 1.82) is 0 Å². The summed E-state index contributed by atoms with van der Waals surface area (Å²) in [5, 5.41) is 7.38. The lowest BCUT2D eigenvalue weighted by Crippen LogP contribution is -2.06. The summed E-state index contributed by atoms with van der Waals surface area (Å²) in [7, 11) is 0. The molecule has 0 aliphatic rings. The fourth-order valence-corrected chi connectivity index (χ4v) is 0.203. The first-order valence-electron chi connectivity index (χ1n) is 3.46. The maximum Gasteiger partial charge on any atom is 0.316 e. The van der Waals surface area contributed by atoms with Crippen molar-refractivity contribution in [2.45, 2.75) is 26.0 Å². The van der Waals surface area contributed by atoms with Crippen LogP contribution in [0.15, 0.2) is 0 Å². The summed E-state index contributed by atoms with van der Waals surface area (Å²) in [5.74, 6) is -1.09. The molecule has 0 aromatic rings. The predicted octanol–water partition coefficient (Wildman–Crippen LogP) is 0.959. The van der Waals surface area contributed by atoms with E-state index < -0.39 is 11.2 Å². The number of hydrogen-bond acceptors (Lipinski definition) is 4. The van der Waals surface area contributed by atoms with Crippen LogP contribution >= 0.6 is 12.6 Å². The highest BCUT2D eigenvalue weighted by molar-refractivity contribution is 7.81. The van der Waals surface area contributed by atoms with Crippen LogP contribution in [0.5, 0.6) is 0 Å². The van der Waals surface area contributed by atoms with Gasteiger partial charge >= 0.3 is 11.9 Å². The second-order valence-corrected chi connectivity index (χ2v) is 2.71. The van der Waals surface area contributed by atoms with E-state index in [1.807, 2.05) is 0 Å². The maximum absolute atomic E-state index is 9.82. The van der Waals surface area contributed by atoms with E-state index in [-0.39, 0.29) is 5.97 Å². The molecule has 0 radical (unpaired) electrons. The van der Waals surface area contributed by atoms with Gasteiger partial charge in [0.05, 0.1) is 11.9 Å². The second kappa shape index (κ2) is 8.39. The smallest absolute Gasteiger partial charge is 0.316 e. The summed E-state index contributed by atoms with van der Waals surface area (Å²) in [5.41, 5.74) is 0. The van der Waals surface area contributed by atoms with Crippen LogP contribution in [0.2, 0.25) is 0 Å². The van der Waals surface area contributed by atoms with Gasteiger partial charge in [-0.15, -0.1) is 0 Å². The molecule has 0 aliphatic heterocycles. The molecule has 4 nitrogen and oxygen atoms in total. The molecule has 0 rings (SSSR count). The number of rotatable bonds is 2. The van der Waals surface area contributed by atoms with Gasteiger partial charge in [0.15, 0.2) is 0 Å². The van der Waals surface area contributed by atoms with E-state index in [9.17, 15) is 9.59 Å². The normalized spacial score (nSPS) is 10.7. The third-order valence-electron chi connectivity index (χ3n) is 0.705. The third-order valence-corrected chi connectivity index (χ3v) is 0.926. The summed E-state index contributed by atoms with van der Waals surface area (Å²) in [6, 6.07) is 0. The molecular weight excluding hydrogens is 180 g/mol. The van der Waals surface area contributed by atoms with Crippen LogP contribution in [0.4, 0.5) is 0 Å². The van der Waals surface area contributed by atoms with Crippen molar-refractivity contribution in [3.63, 3.8) is 0 Å². The first-order chi connectivity index (χ1) is 5.41. The molecule has 0 amide bonds. The van der Waals surface area contributed by atoms with E-state index in [1.54, 1.807) is 6.92 Å². The lowest BCUT2D eigenvalue weighted by molar-refractivity contribution is -0.140. The fraction of sp³-hybridized carbons (Fsp3) is 0.714. The van der Waals surface area contributed by atoms with Gasteiger partial charge in [0, 0.05) is 6.92 Å². The maximum atomic E-state index is 9.82. The molecule has 0 bridgehead atoms. The van der Waals surface area contributed by atoms with Gasteiger partial charge in [0.25, 0.3) is 0 Å². The molecule has 0 saturated heterocycles. The number of hydrogen-bond donors (Lipinski definition) is 2. The molecule has 0 aromatic carbocycles. The standard InChI is InChI=1S/C4H8O2.C3H6O2S/c1-3-6-4(2)5;1-2(6)3(4)5/h3H2,1-2H3;2,6H,1H3,(H,4,5). The van der Waals surface area contributed by atoms with Crippen molar-refractivity contribution in [3.8, 4) is 0 Å². The van der Waals surface area contributed by atoms with Crippen molar-refractivity contribution < 1.29 is 19.4 Å². The lowest BCUT2D eigenvalue weighted by atomic mass is 10.5. The number of carboxylic acid groups (broad SMARTS) is 1. The first-order valence-corrected chi connectivity index (χ1v) is 3.97. The Bertz CT molecular complexity index is 144. The predicted molar refractivity (Wildman–Crippen MR) is 48.4 cm³/mol. The van der Waals surface area contributed by atoms with E-state index in [0.29, 0.717) is 6.61 Å². The molecule has 5 heteroatoms. The molecule has 0 aliphatic carbocycles. The van der Waals surface area contributed by atoms with Gasteiger partial charge in [-0.3, -0.25) is 9.59 Å².